The molecule has 1 saturated heterocycles. The second-order valence-corrected chi connectivity index (χ2v) is 4.98. The second kappa shape index (κ2) is 5.27. The molecule has 16 heavy (non-hydrogen) atoms. The first-order chi connectivity index (χ1) is 7.79. The summed E-state index contributed by atoms with van der Waals surface area (Å²) in [6.07, 6.45) is 4.86. The van der Waals surface area contributed by atoms with Gasteiger partial charge >= 0.3 is 0 Å². The minimum absolute atomic E-state index is 0.304. The molecule has 1 aromatic heterocycles. The molecule has 1 aliphatic rings. The van der Waals surface area contributed by atoms with Crippen molar-refractivity contribution in [3.63, 3.8) is 0 Å². The van der Waals surface area contributed by atoms with Gasteiger partial charge in [0, 0.05) is 31.5 Å². The van der Waals surface area contributed by atoms with Crippen LogP contribution in [0.3, 0.4) is 0 Å². The average molecular weight is 288 g/mol. The van der Waals surface area contributed by atoms with Gasteiger partial charge < -0.3 is 4.74 Å². The van der Waals surface area contributed by atoms with Crippen LogP contribution < -0.4 is 0 Å². The molecule has 0 spiro atoms. The molecule has 0 atom stereocenters. The highest BCUT2D eigenvalue weighted by atomic mass is 79.9. The van der Waals surface area contributed by atoms with Gasteiger partial charge in [-0.3, -0.25) is 4.68 Å². The van der Waals surface area contributed by atoms with Gasteiger partial charge in [0.25, 0.3) is 0 Å². The Hall–Kier alpha value is -0.420. The fourth-order valence-corrected chi connectivity index (χ4v) is 2.95. The van der Waals surface area contributed by atoms with E-state index in [0.29, 0.717) is 5.41 Å². The van der Waals surface area contributed by atoms with Crippen LogP contribution in [0.25, 0.3) is 0 Å². The van der Waals surface area contributed by atoms with Gasteiger partial charge in [0.05, 0.1) is 0 Å². The van der Waals surface area contributed by atoms with Crippen molar-refractivity contribution in [2.75, 3.05) is 18.5 Å². The standard InChI is InChI=1S/C11H18BrN3O/c1-2-15-10(13-9-14-15)7-11(8-12)3-5-16-6-4-11/h9H,2-8H2,1H3. The van der Waals surface area contributed by atoms with E-state index in [1.165, 1.54) is 0 Å². The normalized spacial score (nSPS) is 19.9. The van der Waals surface area contributed by atoms with E-state index in [1.807, 2.05) is 4.68 Å². The number of nitrogens with zero attached hydrogens (tertiary/aromatic N) is 3. The lowest BCUT2D eigenvalue weighted by atomic mass is 9.79. The summed E-state index contributed by atoms with van der Waals surface area (Å²) in [6, 6.07) is 0. The van der Waals surface area contributed by atoms with E-state index in [1.54, 1.807) is 6.33 Å². The molecule has 1 fully saturated rings. The molecule has 2 heterocycles. The number of aryl methyl sites for hydroxylation is 1. The average Bonchev–Trinajstić information content (AvgIpc) is 2.77. The minimum Gasteiger partial charge on any atom is -0.381 e. The van der Waals surface area contributed by atoms with E-state index in [9.17, 15) is 0 Å². The number of ether oxygens (including phenoxy) is 1. The van der Waals surface area contributed by atoms with Crippen molar-refractivity contribution in [3.8, 4) is 0 Å². The molecule has 0 amide bonds. The number of alkyl halides is 1. The monoisotopic (exact) mass is 287 g/mol. The van der Waals surface area contributed by atoms with Crippen LogP contribution in [-0.2, 0) is 17.7 Å². The van der Waals surface area contributed by atoms with Crippen LogP contribution in [0.15, 0.2) is 6.33 Å². The Bertz CT molecular complexity index is 334. The molecule has 1 aliphatic heterocycles. The third-order valence-corrected chi connectivity index (χ3v) is 4.55. The lowest BCUT2D eigenvalue weighted by Gasteiger charge is -2.35. The molecule has 0 unspecified atom stereocenters. The molecule has 1 aromatic rings. The molecule has 0 aromatic carbocycles. The van der Waals surface area contributed by atoms with E-state index in [-0.39, 0.29) is 0 Å². The Morgan fingerprint density at radius 1 is 1.50 bits per heavy atom. The third kappa shape index (κ3) is 2.46. The zero-order chi connectivity index (χ0) is 11.4. The summed E-state index contributed by atoms with van der Waals surface area (Å²) in [7, 11) is 0. The zero-order valence-electron chi connectivity index (χ0n) is 9.65. The summed E-state index contributed by atoms with van der Waals surface area (Å²) in [5, 5.41) is 5.24. The first-order valence-electron chi connectivity index (χ1n) is 5.80. The maximum Gasteiger partial charge on any atom is 0.138 e. The van der Waals surface area contributed by atoms with Crippen molar-refractivity contribution in [3.05, 3.63) is 12.2 Å². The second-order valence-electron chi connectivity index (χ2n) is 4.41. The largest absolute Gasteiger partial charge is 0.381 e. The van der Waals surface area contributed by atoms with Gasteiger partial charge in [0.1, 0.15) is 12.2 Å². The van der Waals surface area contributed by atoms with Crippen LogP contribution in [0.4, 0.5) is 0 Å². The maximum absolute atomic E-state index is 5.44. The first kappa shape index (κ1) is 12.0. The first-order valence-corrected chi connectivity index (χ1v) is 6.92. The highest BCUT2D eigenvalue weighted by molar-refractivity contribution is 9.09. The molecule has 0 aliphatic carbocycles. The Morgan fingerprint density at radius 2 is 2.25 bits per heavy atom. The van der Waals surface area contributed by atoms with E-state index in [4.69, 9.17) is 4.74 Å². The predicted molar refractivity (Wildman–Crippen MR) is 65.7 cm³/mol. The number of hydrogen-bond donors (Lipinski definition) is 0. The van der Waals surface area contributed by atoms with Crippen molar-refractivity contribution in [1.82, 2.24) is 14.8 Å². The Kier molecular flexibility index (Phi) is 3.97. The van der Waals surface area contributed by atoms with Crippen molar-refractivity contribution in [2.45, 2.75) is 32.7 Å². The SMILES string of the molecule is CCn1ncnc1CC1(CBr)CCOCC1. The van der Waals surface area contributed by atoms with Gasteiger partial charge in [-0.25, -0.2) is 4.98 Å². The molecule has 0 bridgehead atoms. The van der Waals surface area contributed by atoms with Gasteiger partial charge in [-0.1, -0.05) is 15.9 Å². The Morgan fingerprint density at radius 3 is 2.88 bits per heavy atom. The summed E-state index contributed by atoms with van der Waals surface area (Å²) < 4.78 is 7.42. The molecule has 4 nitrogen and oxygen atoms in total. The van der Waals surface area contributed by atoms with Crippen molar-refractivity contribution < 1.29 is 4.74 Å². The Balaban J connectivity index is 2.11. The van der Waals surface area contributed by atoms with Gasteiger partial charge in [0.15, 0.2) is 0 Å². The lowest BCUT2D eigenvalue weighted by Crippen LogP contribution is -2.34. The highest BCUT2D eigenvalue weighted by Gasteiger charge is 2.33. The number of hydrogen-bond acceptors (Lipinski definition) is 3. The maximum atomic E-state index is 5.44. The molecule has 90 valence electrons. The van der Waals surface area contributed by atoms with Gasteiger partial charge in [-0.15, -0.1) is 0 Å². The van der Waals surface area contributed by atoms with Gasteiger partial charge in [-0.05, 0) is 25.2 Å². The van der Waals surface area contributed by atoms with Gasteiger partial charge in [-0.2, -0.15) is 5.10 Å². The molecule has 5 heteroatoms. The fraction of sp³-hybridized carbons (Fsp3) is 0.818. The fourth-order valence-electron chi connectivity index (χ4n) is 2.19. The van der Waals surface area contributed by atoms with Gasteiger partial charge in [0.2, 0.25) is 0 Å². The number of rotatable bonds is 4. The zero-order valence-corrected chi connectivity index (χ0v) is 11.2. The smallest absolute Gasteiger partial charge is 0.138 e. The topological polar surface area (TPSA) is 39.9 Å². The van der Waals surface area contributed by atoms with Crippen LogP contribution in [-0.4, -0.2) is 33.3 Å². The Labute approximate surface area is 105 Å². The van der Waals surface area contributed by atoms with Crippen LogP contribution in [0.2, 0.25) is 0 Å². The van der Waals surface area contributed by atoms with Crippen molar-refractivity contribution in [1.29, 1.82) is 0 Å². The summed E-state index contributed by atoms with van der Waals surface area (Å²) in [5.74, 6) is 1.10. The van der Waals surface area contributed by atoms with Crippen molar-refractivity contribution in [2.24, 2.45) is 5.41 Å². The lowest BCUT2D eigenvalue weighted by molar-refractivity contribution is 0.0256. The molecule has 0 saturated carbocycles. The van der Waals surface area contributed by atoms with E-state index in [0.717, 1.165) is 50.2 Å². The quantitative estimate of drug-likeness (QED) is 0.796. The van der Waals surface area contributed by atoms with Crippen LogP contribution >= 0.6 is 15.9 Å². The molecule has 0 radical (unpaired) electrons. The van der Waals surface area contributed by atoms with E-state index < -0.39 is 0 Å². The van der Waals surface area contributed by atoms with Crippen LogP contribution in [0.1, 0.15) is 25.6 Å². The molecular weight excluding hydrogens is 270 g/mol. The van der Waals surface area contributed by atoms with Crippen LogP contribution in [0.5, 0.6) is 0 Å². The van der Waals surface area contributed by atoms with Crippen LogP contribution in [0, 0.1) is 5.41 Å². The minimum atomic E-state index is 0.304. The van der Waals surface area contributed by atoms with E-state index in [2.05, 4.69) is 32.9 Å². The van der Waals surface area contributed by atoms with E-state index >= 15 is 0 Å². The van der Waals surface area contributed by atoms with Crippen molar-refractivity contribution >= 4 is 15.9 Å². The summed E-state index contributed by atoms with van der Waals surface area (Å²) >= 11 is 3.65. The summed E-state index contributed by atoms with van der Waals surface area (Å²) in [4.78, 5) is 4.36. The summed E-state index contributed by atoms with van der Waals surface area (Å²) in [6.45, 7) is 4.73. The summed E-state index contributed by atoms with van der Waals surface area (Å²) in [5.41, 5.74) is 0.304. The number of aromatic nitrogens is 3. The third-order valence-electron chi connectivity index (χ3n) is 3.37. The predicted octanol–water partition coefficient (Wildman–Crippen LogP) is 2.03. The number of halogens is 1. The molecule has 0 N–H and O–H groups in total. The molecule has 2 rings (SSSR count). The highest BCUT2D eigenvalue weighted by Crippen LogP contribution is 2.35. The molecular formula is C11H18BrN3O.